The summed E-state index contributed by atoms with van der Waals surface area (Å²) >= 11 is 1.52. The van der Waals surface area contributed by atoms with Crippen LogP contribution in [-0.4, -0.2) is 44.6 Å². The topological polar surface area (TPSA) is 84.9 Å². The molecule has 1 aromatic heterocycles. The van der Waals surface area contributed by atoms with Crippen LogP contribution in [0.4, 0.5) is 0 Å². The third-order valence-electron chi connectivity index (χ3n) is 2.55. The molecular formula is C11H15O6S2-. The van der Waals surface area contributed by atoms with E-state index in [0.717, 1.165) is 11.5 Å². The molecule has 0 aliphatic carbocycles. The van der Waals surface area contributed by atoms with E-state index >= 15 is 0 Å². The summed E-state index contributed by atoms with van der Waals surface area (Å²) in [6, 6.07) is 0. The van der Waals surface area contributed by atoms with E-state index in [-0.39, 0.29) is 11.9 Å². The molecule has 8 heteroatoms. The molecule has 0 aromatic carbocycles. The minimum Gasteiger partial charge on any atom is -0.748 e. The van der Waals surface area contributed by atoms with Crippen molar-refractivity contribution in [1.29, 1.82) is 0 Å². The highest BCUT2D eigenvalue weighted by atomic mass is 32.2. The number of thiophene rings is 1. The molecule has 1 aliphatic heterocycles. The van der Waals surface area contributed by atoms with Gasteiger partial charge in [-0.25, -0.2) is 8.42 Å². The molecule has 0 spiro atoms. The Kier molecular flexibility index (Phi) is 5.03. The largest absolute Gasteiger partial charge is 0.748 e. The van der Waals surface area contributed by atoms with Gasteiger partial charge in [-0.15, -0.1) is 11.3 Å². The molecule has 0 saturated carbocycles. The van der Waals surface area contributed by atoms with Crippen LogP contribution in [0.2, 0.25) is 0 Å². The minimum absolute atomic E-state index is 0.148. The van der Waals surface area contributed by atoms with E-state index < -0.39 is 10.1 Å². The summed E-state index contributed by atoms with van der Waals surface area (Å²) < 4.78 is 47.6. The van der Waals surface area contributed by atoms with E-state index in [2.05, 4.69) is 0 Å². The predicted molar refractivity (Wildman–Crippen MR) is 68.8 cm³/mol. The molecule has 0 radical (unpaired) electrons. The van der Waals surface area contributed by atoms with Crippen LogP contribution in [-0.2, 0) is 14.9 Å². The second-order valence-electron chi connectivity index (χ2n) is 4.19. The molecule has 0 saturated heterocycles. The summed E-state index contributed by atoms with van der Waals surface area (Å²) in [6.07, 6.45) is 0.715. The van der Waals surface area contributed by atoms with Crippen LogP contribution < -0.4 is 9.47 Å². The van der Waals surface area contributed by atoms with E-state index in [1.165, 1.54) is 11.3 Å². The maximum Gasteiger partial charge on any atom is 0.172 e. The molecule has 0 fully saturated rings. The Balaban J connectivity index is 1.57. The van der Waals surface area contributed by atoms with Crippen molar-refractivity contribution >= 4 is 21.5 Å². The van der Waals surface area contributed by atoms with Gasteiger partial charge in [0, 0.05) is 23.1 Å². The van der Waals surface area contributed by atoms with Gasteiger partial charge in [-0.3, -0.25) is 0 Å². The Morgan fingerprint density at radius 3 is 2.95 bits per heavy atom. The minimum atomic E-state index is -4.11. The smallest absolute Gasteiger partial charge is 0.172 e. The van der Waals surface area contributed by atoms with Gasteiger partial charge in [-0.1, -0.05) is 0 Å². The van der Waals surface area contributed by atoms with Crippen LogP contribution in [0.1, 0.15) is 12.8 Å². The third kappa shape index (κ3) is 4.98. The van der Waals surface area contributed by atoms with Gasteiger partial charge >= 0.3 is 0 Å². The number of fused-ring (bicyclic) bond motifs is 1. The van der Waals surface area contributed by atoms with Crippen molar-refractivity contribution in [2.75, 3.05) is 25.6 Å². The highest BCUT2D eigenvalue weighted by Gasteiger charge is 2.21. The van der Waals surface area contributed by atoms with Crippen LogP contribution >= 0.6 is 11.3 Å². The first-order valence-corrected chi connectivity index (χ1v) is 8.43. The van der Waals surface area contributed by atoms with E-state index in [9.17, 15) is 13.0 Å². The van der Waals surface area contributed by atoms with Gasteiger partial charge in [0.15, 0.2) is 17.6 Å². The van der Waals surface area contributed by atoms with Crippen molar-refractivity contribution in [3.8, 4) is 11.5 Å². The van der Waals surface area contributed by atoms with E-state index in [1.807, 2.05) is 10.8 Å². The Labute approximate surface area is 116 Å². The standard InChI is InChI=1S/C11H16O6S2/c12-19(13,14)4-2-1-3-15-5-9-6-16-10-7-18-8-11(10)17-9/h7-9H,1-6H2,(H,12,13,14)/p-1. The maximum absolute atomic E-state index is 10.4. The average molecular weight is 307 g/mol. The van der Waals surface area contributed by atoms with Crippen molar-refractivity contribution in [2.24, 2.45) is 0 Å². The fourth-order valence-electron chi connectivity index (χ4n) is 1.64. The fraction of sp³-hybridized carbons (Fsp3) is 0.636. The van der Waals surface area contributed by atoms with Gasteiger partial charge < -0.3 is 18.8 Å². The summed E-state index contributed by atoms with van der Waals surface area (Å²) in [6.45, 7) is 1.24. The number of hydrogen-bond donors (Lipinski definition) is 0. The number of hydrogen-bond acceptors (Lipinski definition) is 7. The van der Waals surface area contributed by atoms with Crippen molar-refractivity contribution in [3.05, 3.63) is 10.8 Å². The SMILES string of the molecule is O=S(=O)([O-])CCCCOCC1COc2cscc2O1. The first kappa shape index (κ1) is 14.6. The van der Waals surface area contributed by atoms with Crippen LogP contribution in [0.25, 0.3) is 0 Å². The zero-order valence-corrected chi connectivity index (χ0v) is 11.9. The molecule has 1 aliphatic rings. The normalized spacial score (nSPS) is 18.5. The van der Waals surface area contributed by atoms with Gasteiger partial charge in [0.05, 0.1) is 16.7 Å². The Bertz CT molecular complexity index is 495. The fourth-order valence-corrected chi connectivity index (χ4v) is 2.87. The molecule has 1 unspecified atom stereocenters. The lowest BCUT2D eigenvalue weighted by atomic mass is 10.3. The first-order chi connectivity index (χ1) is 9.04. The van der Waals surface area contributed by atoms with Crippen molar-refractivity contribution in [3.63, 3.8) is 0 Å². The maximum atomic E-state index is 10.4. The number of ether oxygens (including phenoxy) is 3. The molecule has 6 nitrogen and oxygen atoms in total. The molecule has 108 valence electrons. The second-order valence-corrected chi connectivity index (χ2v) is 6.46. The van der Waals surface area contributed by atoms with Gasteiger partial charge in [-0.05, 0) is 12.8 Å². The summed E-state index contributed by atoms with van der Waals surface area (Å²) in [5.74, 6) is 1.17. The zero-order chi connectivity index (χ0) is 13.7. The van der Waals surface area contributed by atoms with Crippen molar-refractivity contribution < 1.29 is 27.2 Å². The van der Waals surface area contributed by atoms with Gasteiger partial charge in [-0.2, -0.15) is 0 Å². The van der Waals surface area contributed by atoms with Crippen LogP contribution in [0.15, 0.2) is 10.8 Å². The van der Waals surface area contributed by atoms with Crippen LogP contribution in [0, 0.1) is 0 Å². The van der Waals surface area contributed by atoms with Gasteiger partial charge in [0.1, 0.15) is 6.61 Å². The van der Waals surface area contributed by atoms with Crippen LogP contribution in [0.3, 0.4) is 0 Å². The monoisotopic (exact) mass is 307 g/mol. The highest BCUT2D eigenvalue weighted by molar-refractivity contribution is 7.85. The summed E-state index contributed by atoms with van der Waals surface area (Å²) in [5.41, 5.74) is 0. The highest BCUT2D eigenvalue weighted by Crippen LogP contribution is 2.35. The van der Waals surface area contributed by atoms with Gasteiger partial charge in [0.25, 0.3) is 0 Å². The third-order valence-corrected chi connectivity index (χ3v) is 4.04. The zero-order valence-electron chi connectivity index (χ0n) is 10.2. The van der Waals surface area contributed by atoms with E-state index in [1.54, 1.807) is 0 Å². The molecule has 19 heavy (non-hydrogen) atoms. The molecule has 2 rings (SSSR count). The molecule has 1 atom stereocenters. The summed E-state index contributed by atoms with van der Waals surface area (Å²) in [7, 11) is -4.11. The van der Waals surface area contributed by atoms with E-state index in [0.29, 0.717) is 32.7 Å². The predicted octanol–water partition coefficient (Wildman–Crippen LogP) is 1.23. The Hall–Kier alpha value is -0.830. The lowest BCUT2D eigenvalue weighted by Crippen LogP contribution is -2.33. The molecule has 2 heterocycles. The number of rotatable bonds is 7. The molecule has 0 bridgehead atoms. The summed E-state index contributed by atoms with van der Waals surface area (Å²) in [4.78, 5) is 0. The average Bonchev–Trinajstić information content (AvgIpc) is 2.79. The molecular weight excluding hydrogens is 292 g/mol. The molecule has 1 aromatic rings. The van der Waals surface area contributed by atoms with Gasteiger partial charge in [0.2, 0.25) is 0 Å². The van der Waals surface area contributed by atoms with Crippen molar-refractivity contribution in [1.82, 2.24) is 0 Å². The molecule has 0 N–H and O–H groups in total. The Morgan fingerprint density at radius 2 is 2.16 bits per heavy atom. The Morgan fingerprint density at radius 1 is 1.37 bits per heavy atom. The first-order valence-electron chi connectivity index (χ1n) is 5.91. The van der Waals surface area contributed by atoms with E-state index in [4.69, 9.17) is 14.2 Å². The summed E-state index contributed by atoms with van der Waals surface area (Å²) in [5, 5.41) is 3.76. The van der Waals surface area contributed by atoms with Crippen LogP contribution in [0.5, 0.6) is 11.5 Å². The lowest BCUT2D eigenvalue weighted by molar-refractivity contribution is 0.00876. The lowest BCUT2D eigenvalue weighted by Gasteiger charge is -2.24. The quantitative estimate of drug-likeness (QED) is 0.556. The second kappa shape index (κ2) is 6.56. The molecule has 0 amide bonds. The number of unbranched alkanes of at least 4 members (excludes halogenated alkanes) is 1. The van der Waals surface area contributed by atoms with Crippen molar-refractivity contribution in [2.45, 2.75) is 18.9 Å².